The van der Waals surface area contributed by atoms with Crippen molar-refractivity contribution < 1.29 is 4.74 Å². The number of benzene rings is 1. The Morgan fingerprint density at radius 3 is 2.57 bits per heavy atom. The number of halogens is 2. The van der Waals surface area contributed by atoms with Crippen LogP contribution in [0.15, 0.2) is 23.2 Å². The zero-order valence-corrected chi connectivity index (χ0v) is 14.6. The molecule has 1 aromatic carbocycles. The van der Waals surface area contributed by atoms with Gasteiger partial charge >= 0.3 is 0 Å². The summed E-state index contributed by atoms with van der Waals surface area (Å²) in [7, 11) is 1.84. The summed E-state index contributed by atoms with van der Waals surface area (Å²) in [5.41, 5.74) is 1.03. The first kappa shape index (κ1) is 15.6. The molecule has 0 radical (unpaired) electrons. The number of guanidine groups is 1. The van der Waals surface area contributed by atoms with Crippen molar-refractivity contribution in [3.8, 4) is 0 Å². The molecule has 1 aromatic rings. The van der Waals surface area contributed by atoms with Gasteiger partial charge in [-0.05, 0) is 30.5 Å². The van der Waals surface area contributed by atoms with Gasteiger partial charge in [-0.15, -0.1) is 0 Å². The first-order chi connectivity index (χ1) is 11.2. The lowest BCUT2D eigenvalue weighted by Crippen LogP contribution is -2.41. The molecule has 3 fully saturated rings. The van der Waals surface area contributed by atoms with Crippen molar-refractivity contribution >= 4 is 29.2 Å². The molecule has 4 nitrogen and oxygen atoms in total. The molecule has 23 heavy (non-hydrogen) atoms. The normalized spacial score (nSPS) is 32.5. The van der Waals surface area contributed by atoms with Gasteiger partial charge in [0.15, 0.2) is 5.96 Å². The number of likely N-dealkylation sites (tertiary alicyclic amines) is 1. The third-order valence-corrected chi connectivity index (χ3v) is 6.00. The Balaban J connectivity index is 1.40. The first-order valence-electron chi connectivity index (χ1n) is 8.20. The maximum atomic E-state index is 6.25. The second-order valence-electron chi connectivity index (χ2n) is 6.66. The SMILES string of the molecule is CN=C(NCc1ccc(Cl)cc1Cl)N1CC2C3CCC(O3)C2C1. The second-order valence-corrected chi connectivity index (χ2v) is 7.50. The minimum Gasteiger partial charge on any atom is -0.374 e. The van der Waals surface area contributed by atoms with Crippen molar-refractivity contribution in [2.24, 2.45) is 16.8 Å². The van der Waals surface area contributed by atoms with E-state index in [0.29, 0.717) is 40.6 Å². The predicted molar refractivity (Wildman–Crippen MR) is 93.1 cm³/mol. The van der Waals surface area contributed by atoms with Gasteiger partial charge in [-0.3, -0.25) is 4.99 Å². The Kier molecular flexibility index (Phi) is 4.16. The van der Waals surface area contributed by atoms with Crippen LogP contribution in [0, 0.1) is 11.8 Å². The summed E-state index contributed by atoms with van der Waals surface area (Å²) in [6.45, 7) is 2.73. The molecule has 0 saturated carbocycles. The number of nitrogens with zero attached hydrogens (tertiary/aromatic N) is 2. The fourth-order valence-electron chi connectivity index (χ4n) is 4.30. The van der Waals surface area contributed by atoms with E-state index in [1.54, 1.807) is 6.07 Å². The van der Waals surface area contributed by atoms with Crippen LogP contribution in [0.3, 0.4) is 0 Å². The highest BCUT2D eigenvalue weighted by Crippen LogP contribution is 2.47. The minimum atomic E-state index is 0.471. The summed E-state index contributed by atoms with van der Waals surface area (Å²) >= 11 is 12.2. The first-order valence-corrected chi connectivity index (χ1v) is 8.96. The summed E-state index contributed by atoms with van der Waals surface area (Å²) in [5, 5.41) is 4.78. The van der Waals surface area contributed by atoms with Gasteiger partial charge in [-0.1, -0.05) is 29.3 Å². The van der Waals surface area contributed by atoms with Crippen molar-refractivity contribution in [2.45, 2.75) is 31.6 Å². The Morgan fingerprint density at radius 1 is 1.26 bits per heavy atom. The molecule has 124 valence electrons. The molecule has 4 atom stereocenters. The van der Waals surface area contributed by atoms with Gasteiger partial charge < -0.3 is 15.0 Å². The van der Waals surface area contributed by atoms with E-state index >= 15 is 0 Å². The molecule has 2 bridgehead atoms. The second kappa shape index (κ2) is 6.15. The summed E-state index contributed by atoms with van der Waals surface area (Å²) in [5.74, 6) is 2.29. The van der Waals surface area contributed by atoms with Crippen LogP contribution in [-0.4, -0.2) is 43.2 Å². The minimum absolute atomic E-state index is 0.471. The number of hydrogen-bond acceptors (Lipinski definition) is 2. The fourth-order valence-corrected chi connectivity index (χ4v) is 4.78. The highest BCUT2D eigenvalue weighted by Gasteiger charge is 2.53. The van der Waals surface area contributed by atoms with Crippen molar-refractivity contribution in [2.75, 3.05) is 20.1 Å². The van der Waals surface area contributed by atoms with E-state index in [2.05, 4.69) is 15.2 Å². The topological polar surface area (TPSA) is 36.9 Å². The highest BCUT2D eigenvalue weighted by molar-refractivity contribution is 6.35. The summed E-state index contributed by atoms with van der Waals surface area (Å²) < 4.78 is 6.04. The van der Waals surface area contributed by atoms with Crippen molar-refractivity contribution in [1.82, 2.24) is 10.2 Å². The predicted octanol–water partition coefficient (Wildman–Crippen LogP) is 3.18. The van der Waals surface area contributed by atoms with E-state index in [0.717, 1.165) is 24.6 Å². The van der Waals surface area contributed by atoms with E-state index < -0.39 is 0 Å². The van der Waals surface area contributed by atoms with E-state index in [4.69, 9.17) is 27.9 Å². The van der Waals surface area contributed by atoms with Crippen LogP contribution in [0.1, 0.15) is 18.4 Å². The largest absolute Gasteiger partial charge is 0.374 e. The van der Waals surface area contributed by atoms with Gasteiger partial charge in [0.05, 0.1) is 12.2 Å². The molecule has 3 heterocycles. The molecule has 0 amide bonds. The van der Waals surface area contributed by atoms with Crippen LogP contribution >= 0.6 is 23.2 Å². The van der Waals surface area contributed by atoms with Crippen LogP contribution in [-0.2, 0) is 11.3 Å². The number of fused-ring (bicyclic) bond motifs is 5. The Labute approximate surface area is 146 Å². The third-order valence-electron chi connectivity index (χ3n) is 5.42. The number of aliphatic imine (C=N–C) groups is 1. The molecule has 4 rings (SSSR count). The lowest BCUT2D eigenvalue weighted by molar-refractivity contribution is 0.0767. The van der Waals surface area contributed by atoms with Crippen LogP contribution in [0.4, 0.5) is 0 Å². The summed E-state index contributed by atoms with van der Waals surface area (Å²) in [6.07, 6.45) is 3.40. The maximum Gasteiger partial charge on any atom is 0.193 e. The van der Waals surface area contributed by atoms with Crippen LogP contribution in [0.5, 0.6) is 0 Å². The molecule has 0 spiro atoms. The Morgan fingerprint density at radius 2 is 1.96 bits per heavy atom. The van der Waals surface area contributed by atoms with Crippen LogP contribution < -0.4 is 5.32 Å². The molecule has 3 saturated heterocycles. The van der Waals surface area contributed by atoms with Crippen LogP contribution in [0.25, 0.3) is 0 Å². The maximum absolute atomic E-state index is 6.25. The summed E-state index contributed by atoms with van der Waals surface area (Å²) in [6, 6.07) is 5.60. The Bertz CT molecular complexity index is 618. The van der Waals surface area contributed by atoms with Gasteiger partial charge in [0.25, 0.3) is 0 Å². The zero-order chi connectivity index (χ0) is 16.0. The molecule has 1 N–H and O–H groups in total. The van der Waals surface area contributed by atoms with Gasteiger partial charge in [0.1, 0.15) is 0 Å². The number of rotatable bonds is 2. The standard InChI is InChI=1S/C17H21Cl2N3O/c1-20-17(21-7-10-2-3-11(18)6-14(10)19)22-8-12-13(9-22)16-5-4-15(12)23-16/h2-3,6,12-13,15-16H,4-5,7-9H2,1H3,(H,20,21). The molecule has 0 aromatic heterocycles. The quantitative estimate of drug-likeness (QED) is 0.655. The molecule has 4 unspecified atom stereocenters. The van der Waals surface area contributed by atoms with E-state index in [9.17, 15) is 0 Å². The van der Waals surface area contributed by atoms with Gasteiger partial charge in [0, 0.05) is 48.6 Å². The monoisotopic (exact) mass is 353 g/mol. The molecule has 0 aliphatic carbocycles. The molecule has 3 aliphatic rings. The lowest BCUT2D eigenvalue weighted by atomic mass is 9.82. The lowest BCUT2D eigenvalue weighted by Gasteiger charge is -2.23. The van der Waals surface area contributed by atoms with Gasteiger partial charge in [0.2, 0.25) is 0 Å². The fraction of sp³-hybridized carbons (Fsp3) is 0.588. The number of ether oxygens (including phenoxy) is 1. The van der Waals surface area contributed by atoms with Gasteiger partial charge in [-0.25, -0.2) is 0 Å². The van der Waals surface area contributed by atoms with Crippen molar-refractivity contribution in [1.29, 1.82) is 0 Å². The Hall–Kier alpha value is -0.970. The molecule has 6 heteroatoms. The van der Waals surface area contributed by atoms with Crippen LogP contribution in [0.2, 0.25) is 10.0 Å². The average Bonchev–Trinajstić information content (AvgIpc) is 3.21. The molecular weight excluding hydrogens is 333 g/mol. The van der Waals surface area contributed by atoms with E-state index in [1.807, 2.05) is 19.2 Å². The van der Waals surface area contributed by atoms with Gasteiger partial charge in [-0.2, -0.15) is 0 Å². The van der Waals surface area contributed by atoms with Crippen molar-refractivity contribution in [3.63, 3.8) is 0 Å². The van der Waals surface area contributed by atoms with Crippen molar-refractivity contribution in [3.05, 3.63) is 33.8 Å². The number of hydrogen-bond donors (Lipinski definition) is 1. The molecule has 3 aliphatic heterocycles. The van der Waals surface area contributed by atoms with E-state index in [-0.39, 0.29) is 0 Å². The average molecular weight is 354 g/mol. The third kappa shape index (κ3) is 2.81. The highest BCUT2D eigenvalue weighted by atomic mass is 35.5. The van der Waals surface area contributed by atoms with E-state index in [1.165, 1.54) is 12.8 Å². The zero-order valence-electron chi connectivity index (χ0n) is 13.1. The smallest absolute Gasteiger partial charge is 0.193 e. The summed E-state index contributed by atoms with van der Waals surface area (Å²) in [4.78, 5) is 6.82. The number of nitrogens with one attached hydrogen (secondary N) is 1. The molecular formula is C17H21Cl2N3O.